The van der Waals surface area contributed by atoms with Crippen molar-refractivity contribution in [2.75, 3.05) is 19.8 Å². The number of alkyl halides is 2. The van der Waals surface area contributed by atoms with E-state index in [0.29, 0.717) is 43.9 Å². The van der Waals surface area contributed by atoms with Gasteiger partial charge >= 0.3 is 33.3 Å². The quantitative estimate of drug-likeness (QED) is 0.109. The lowest BCUT2D eigenvalue weighted by atomic mass is 9.59. The van der Waals surface area contributed by atoms with Crippen molar-refractivity contribution >= 4 is 34.3 Å². The fourth-order valence-corrected chi connectivity index (χ4v) is 12.4. The Morgan fingerprint density at radius 2 is 1.44 bits per heavy atom. The van der Waals surface area contributed by atoms with Crippen LogP contribution < -0.4 is 0 Å². The fourth-order valence-electron chi connectivity index (χ4n) is 12.1. The molecule has 1 heterocycles. The predicted molar refractivity (Wildman–Crippen MR) is 186 cm³/mol. The Morgan fingerprint density at radius 3 is 2.11 bits per heavy atom. The lowest BCUT2D eigenvalue weighted by Crippen LogP contribution is -2.54. The van der Waals surface area contributed by atoms with Crippen LogP contribution in [0.15, 0.2) is 0 Å². The van der Waals surface area contributed by atoms with E-state index in [1.54, 1.807) is 0 Å². The predicted octanol–water partition coefficient (Wildman–Crippen LogP) is 6.19. The molecule has 0 radical (unpaired) electrons. The molecule has 6 saturated carbocycles. The summed E-state index contributed by atoms with van der Waals surface area (Å²) in [4.78, 5) is 52.0. The number of carbonyl (C=O) groups excluding carboxylic acids is 4. The van der Waals surface area contributed by atoms with Gasteiger partial charge in [-0.3, -0.25) is 14.1 Å². The van der Waals surface area contributed by atoms with Crippen molar-refractivity contribution in [3.8, 4) is 0 Å². The number of hydrogen-bond donors (Lipinski definition) is 1. The lowest BCUT2D eigenvalue weighted by Gasteiger charge is -2.50. The fraction of sp³-hybridized carbons (Fsp3) is 0.897. The first kappa shape index (κ1) is 40.0. The van der Waals surface area contributed by atoms with Crippen molar-refractivity contribution in [2.24, 2.45) is 52.3 Å². The van der Waals surface area contributed by atoms with E-state index in [9.17, 15) is 36.4 Å². The van der Waals surface area contributed by atoms with Crippen LogP contribution in [0, 0.1) is 52.3 Å². The number of halogens is 2. The van der Waals surface area contributed by atoms with Gasteiger partial charge in [0.1, 0.15) is 24.6 Å². The molecule has 12 nitrogen and oxygen atoms in total. The average Bonchev–Trinajstić information content (AvgIpc) is 3.11. The molecule has 1 aliphatic heterocycles. The van der Waals surface area contributed by atoms with Crippen molar-refractivity contribution in [2.45, 2.75) is 146 Å². The van der Waals surface area contributed by atoms with Gasteiger partial charge in [0.15, 0.2) is 6.29 Å². The summed E-state index contributed by atoms with van der Waals surface area (Å²) in [6.45, 7) is 2.14. The molecule has 7 aliphatic rings. The molecule has 7 fully saturated rings. The zero-order chi connectivity index (χ0) is 38.5. The van der Waals surface area contributed by atoms with Gasteiger partial charge in [-0.1, -0.05) is 39.0 Å². The molecule has 304 valence electrons. The van der Waals surface area contributed by atoms with Crippen LogP contribution in [0.25, 0.3) is 0 Å². The Bertz CT molecular complexity index is 1550. The largest absolute Gasteiger partial charge is 0.465 e. The molecule has 0 aromatic heterocycles. The van der Waals surface area contributed by atoms with Crippen LogP contribution >= 0.6 is 0 Å². The monoisotopic (exact) mass is 786 g/mol. The first-order valence-corrected chi connectivity index (χ1v) is 21.6. The van der Waals surface area contributed by atoms with E-state index in [4.69, 9.17) is 28.2 Å². The lowest BCUT2D eigenvalue weighted by molar-refractivity contribution is -0.283. The van der Waals surface area contributed by atoms with Crippen LogP contribution in [0.5, 0.6) is 0 Å². The highest BCUT2D eigenvalue weighted by molar-refractivity contribution is 7.87. The van der Waals surface area contributed by atoms with Gasteiger partial charge in [-0.15, -0.1) is 0 Å². The van der Waals surface area contributed by atoms with Gasteiger partial charge in [-0.25, -0.2) is 4.79 Å². The van der Waals surface area contributed by atoms with Gasteiger partial charge in [-0.2, -0.15) is 17.2 Å². The Labute approximate surface area is 316 Å². The Kier molecular flexibility index (Phi) is 11.3. The third-order valence-corrected chi connectivity index (χ3v) is 15.1. The minimum Gasteiger partial charge on any atom is -0.465 e. The third-order valence-electron chi connectivity index (χ3n) is 14.3. The van der Waals surface area contributed by atoms with E-state index in [2.05, 4.69) is 6.92 Å². The summed E-state index contributed by atoms with van der Waals surface area (Å²) in [5, 5.41) is -5.12. The highest BCUT2D eigenvalue weighted by Gasteiger charge is 2.59. The van der Waals surface area contributed by atoms with Gasteiger partial charge in [0.2, 0.25) is 0 Å². The van der Waals surface area contributed by atoms with Crippen LogP contribution in [0.4, 0.5) is 8.78 Å². The smallest absolute Gasteiger partial charge is 0.465 e. The minimum absolute atomic E-state index is 0.00540. The van der Waals surface area contributed by atoms with Crippen molar-refractivity contribution in [3.63, 3.8) is 0 Å². The third kappa shape index (κ3) is 7.98. The number of hydrogen-bond acceptors (Lipinski definition) is 11. The molecule has 1 N–H and O–H groups in total. The molecular formula is C39H56F2O12S. The van der Waals surface area contributed by atoms with Gasteiger partial charge in [0.05, 0.1) is 24.0 Å². The molecule has 12 atom stereocenters. The van der Waals surface area contributed by atoms with Crippen LogP contribution in [0.2, 0.25) is 0 Å². The topological polar surface area (TPSA) is 169 Å². The first-order chi connectivity index (χ1) is 25.5. The van der Waals surface area contributed by atoms with Crippen molar-refractivity contribution in [1.29, 1.82) is 0 Å². The Morgan fingerprint density at radius 1 is 0.833 bits per heavy atom. The second-order valence-corrected chi connectivity index (χ2v) is 19.9. The molecule has 12 unspecified atom stereocenters. The number of ether oxygens (including phenoxy) is 5. The summed E-state index contributed by atoms with van der Waals surface area (Å²) < 4.78 is 90.6. The number of fused-ring (bicyclic) bond motifs is 6. The van der Waals surface area contributed by atoms with Crippen LogP contribution in [-0.4, -0.2) is 80.2 Å². The SMILES string of the molecule is CC1CC2CCCC(C(=O)OCC3COC(C4CC5CCCC(OC(=O)C(F)(F)S(=O)(=O)O)(C5)C4)OC3COC(=O)C34CCCC(CC(C=O)C3)C4)(C1)C2. The van der Waals surface area contributed by atoms with Crippen molar-refractivity contribution in [3.05, 3.63) is 0 Å². The van der Waals surface area contributed by atoms with E-state index in [1.807, 2.05) is 0 Å². The van der Waals surface area contributed by atoms with Gasteiger partial charge in [0.25, 0.3) is 0 Å². The molecule has 15 heteroatoms. The summed E-state index contributed by atoms with van der Waals surface area (Å²) >= 11 is 0. The number of esters is 3. The summed E-state index contributed by atoms with van der Waals surface area (Å²) in [6.07, 6.45) is 11.8. The average molecular weight is 787 g/mol. The van der Waals surface area contributed by atoms with E-state index in [-0.39, 0.29) is 68.8 Å². The zero-order valence-corrected chi connectivity index (χ0v) is 32.0. The molecule has 6 aliphatic carbocycles. The standard InChI is InChI=1S/C39H56F2O12S/c1-24-11-25-5-2-8-36(14-24,15-25)33(43)50-22-30-21-49-32(52-31(30)23-51-34(44)37-9-3-6-26(16-37)12-28(17-37)20-42)29-13-27-7-4-10-38(18-27,19-29)53-35(45)39(40,41)54(46,47)48/h20,24-32H,2-19,21-23H2,1H3,(H,46,47,48). The normalized spacial score (nSPS) is 42.3. The van der Waals surface area contributed by atoms with Crippen molar-refractivity contribution < 1.29 is 64.6 Å². The van der Waals surface area contributed by atoms with Crippen LogP contribution in [0.1, 0.15) is 122 Å². The van der Waals surface area contributed by atoms with Crippen molar-refractivity contribution in [1.82, 2.24) is 0 Å². The highest BCUT2D eigenvalue weighted by atomic mass is 32.2. The first-order valence-electron chi connectivity index (χ1n) is 20.2. The van der Waals surface area contributed by atoms with E-state index >= 15 is 0 Å². The Balaban J connectivity index is 1.06. The summed E-state index contributed by atoms with van der Waals surface area (Å²) in [5.74, 6) is -2.82. The molecule has 0 amide bonds. The summed E-state index contributed by atoms with van der Waals surface area (Å²) in [7, 11) is -6.04. The molecule has 7 rings (SSSR count). The summed E-state index contributed by atoms with van der Waals surface area (Å²) in [5.41, 5.74) is -2.65. The second-order valence-electron chi connectivity index (χ2n) is 18.4. The summed E-state index contributed by atoms with van der Waals surface area (Å²) in [6, 6.07) is 0. The van der Waals surface area contributed by atoms with E-state index in [1.165, 1.54) is 0 Å². The molecule has 54 heavy (non-hydrogen) atoms. The maximum Gasteiger partial charge on any atom is 0.465 e. The Hall–Kier alpha value is -2.23. The van der Waals surface area contributed by atoms with Crippen LogP contribution in [-0.2, 0) is 53.0 Å². The maximum absolute atomic E-state index is 14.3. The second kappa shape index (κ2) is 15.3. The molecule has 0 aromatic carbocycles. The van der Waals surface area contributed by atoms with Gasteiger partial charge in [-0.05, 0) is 107 Å². The van der Waals surface area contributed by atoms with Gasteiger partial charge in [0, 0.05) is 17.8 Å². The highest BCUT2D eigenvalue weighted by Crippen LogP contribution is 2.54. The van der Waals surface area contributed by atoms with E-state index < -0.39 is 62.0 Å². The molecule has 0 aromatic rings. The maximum atomic E-state index is 14.3. The molecule has 6 bridgehead atoms. The molecule has 0 spiro atoms. The number of aldehydes is 1. The molecule has 1 saturated heterocycles. The number of rotatable bonds is 11. The van der Waals surface area contributed by atoms with Crippen LogP contribution in [0.3, 0.4) is 0 Å². The minimum atomic E-state index is -6.04. The zero-order valence-electron chi connectivity index (χ0n) is 31.2. The van der Waals surface area contributed by atoms with Gasteiger partial charge < -0.3 is 28.5 Å². The molecular weight excluding hydrogens is 730 g/mol. The van der Waals surface area contributed by atoms with E-state index in [0.717, 1.165) is 70.5 Å². The number of carbonyl (C=O) groups is 4.